The maximum Gasteiger partial charge on any atom is 0.634 e. The molecule has 15 heteroatoms. The fraction of sp³-hybridized carbons (Fsp3) is 0.463. The number of rotatable bonds is 16. The van der Waals surface area contributed by atoms with Gasteiger partial charge in [-0.2, -0.15) is 0 Å². The SMILES string of the molecule is CC(C)C[C@H](NC(=O)[C@H](Cc1c[nH]c2ccccc12)NC(=O)[C@H](Cc1ccccc1)NC(=O)c1cnccn1)C(=O)OC12CC(CCC1(C)OB(O)O)C2(C)C. The number of fused-ring (bicyclic) bond motifs is 3. The number of ether oxygens (including phenoxy) is 1. The van der Waals surface area contributed by atoms with Gasteiger partial charge >= 0.3 is 13.3 Å². The quantitative estimate of drug-likeness (QED) is 0.0725. The molecular weight excluding hydrogens is 715 g/mol. The first-order chi connectivity index (χ1) is 26.6. The molecule has 0 aliphatic heterocycles. The number of carbonyl (C=O) groups excluding carboxylic acids is 4. The van der Waals surface area contributed by atoms with Gasteiger partial charge in [-0.3, -0.25) is 19.4 Å². The van der Waals surface area contributed by atoms with Gasteiger partial charge in [0.2, 0.25) is 11.8 Å². The number of para-hydroxylation sites is 1. The van der Waals surface area contributed by atoms with E-state index in [1.165, 1.54) is 18.6 Å². The highest BCUT2D eigenvalue weighted by atomic mass is 16.7. The highest BCUT2D eigenvalue weighted by Gasteiger charge is 2.74. The molecule has 0 radical (unpaired) electrons. The van der Waals surface area contributed by atoms with E-state index in [1.807, 2.05) is 82.3 Å². The van der Waals surface area contributed by atoms with Crippen LogP contribution < -0.4 is 16.0 Å². The zero-order valence-electron chi connectivity index (χ0n) is 32.5. The molecule has 6 N–H and O–H groups in total. The Morgan fingerprint density at radius 2 is 1.59 bits per heavy atom. The largest absolute Gasteiger partial charge is 0.634 e. The van der Waals surface area contributed by atoms with Gasteiger partial charge in [-0.05, 0) is 61.6 Å². The molecule has 3 unspecified atom stereocenters. The van der Waals surface area contributed by atoms with Crippen LogP contribution in [0.5, 0.6) is 0 Å². The predicted molar refractivity (Wildman–Crippen MR) is 208 cm³/mol. The smallest absolute Gasteiger partial charge is 0.454 e. The Kier molecular flexibility index (Phi) is 12.0. The number of carbonyl (C=O) groups is 4. The second-order valence-corrected chi connectivity index (χ2v) is 16.2. The van der Waals surface area contributed by atoms with Crippen LogP contribution in [-0.2, 0) is 36.6 Å². The molecule has 14 nitrogen and oxygen atoms in total. The van der Waals surface area contributed by atoms with Crippen LogP contribution in [0.1, 0.15) is 81.9 Å². The Balaban J connectivity index is 1.28. The lowest BCUT2D eigenvalue weighted by Crippen LogP contribution is -2.78. The number of nitrogens with zero attached hydrogens (tertiary/aromatic N) is 2. The molecule has 7 rings (SSSR count). The third-order valence-electron chi connectivity index (χ3n) is 11.8. The number of aromatic nitrogens is 3. The molecular formula is C41H51BN6O8. The normalized spacial score (nSPS) is 22.6. The summed E-state index contributed by atoms with van der Waals surface area (Å²) in [5.41, 5.74) is -0.534. The van der Waals surface area contributed by atoms with Crippen LogP contribution in [0.3, 0.4) is 0 Å². The summed E-state index contributed by atoms with van der Waals surface area (Å²) in [7, 11) is -2.07. The first-order valence-electron chi connectivity index (χ1n) is 19.2. The number of aromatic amines is 1. The van der Waals surface area contributed by atoms with Crippen LogP contribution in [0.4, 0.5) is 0 Å². The average molecular weight is 767 g/mol. The molecule has 3 fully saturated rings. The van der Waals surface area contributed by atoms with Crippen molar-refractivity contribution >= 4 is 41.9 Å². The summed E-state index contributed by atoms with van der Waals surface area (Å²) in [6.45, 7) is 9.54. The van der Waals surface area contributed by atoms with Gasteiger partial charge in [0.1, 0.15) is 29.4 Å². The summed E-state index contributed by atoms with van der Waals surface area (Å²) in [5, 5.41) is 29.2. The minimum Gasteiger partial charge on any atom is -0.454 e. The molecule has 2 aromatic heterocycles. The highest BCUT2D eigenvalue weighted by Crippen LogP contribution is 2.68. The molecule has 56 heavy (non-hydrogen) atoms. The van der Waals surface area contributed by atoms with Crippen LogP contribution in [-0.4, -0.2) is 85.3 Å². The van der Waals surface area contributed by atoms with Gasteiger partial charge in [0.05, 0.1) is 11.8 Å². The lowest BCUT2D eigenvalue weighted by Gasteiger charge is -2.70. The highest BCUT2D eigenvalue weighted by molar-refractivity contribution is 6.32. The monoisotopic (exact) mass is 766 g/mol. The summed E-state index contributed by atoms with van der Waals surface area (Å²) < 4.78 is 12.1. The fourth-order valence-corrected chi connectivity index (χ4v) is 8.65. The minimum atomic E-state index is -2.07. The third-order valence-corrected chi connectivity index (χ3v) is 11.8. The van der Waals surface area contributed by atoms with Crippen molar-refractivity contribution < 1.29 is 38.6 Å². The van der Waals surface area contributed by atoms with Crippen molar-refractivity contribution in [3.05, 3.63) is 96.2 Å². The van der Waals surface area contributed by atoms with Gasteiger partial charge in [-0.25, -0.2) is 9.78 Å². The fourth-order valence-electron chi connectivity index (χ4n) is 8.65. The lowest BCUT2D eigenvalue weighted by molar-refractivity contribution is -0.317. The molecule has 3 amide bonds. The molecule has 2 heterocycles. The molecule has 296 valence electrons. The van der Waals surface area contributed by atoms with Crippen molar-refractivity contribution in [2.45, 2.75) is 102 Å². The molecule has 4 aromatic rings. The second kappa shape index (κ2) is 16.5. The Morgan fingerprint density at radius 3 is 2.25 bits per heavy atom. The summed E-state index contributed by atoms with van der Waals surface area (Å²) >= 11 is 0. The molecule has 2 aromatic carbocycles. The van der Waals surface area contributed by atoms with Gasteiger partial charge in [-0.15, -0.1) is 0 Å². The number of nitrogens with one attached hydrogen (secondary N) is 4. The number of hydrogen-bond acceptors (Lipinski definition) is 10. The molecule has 3 aliphatic carbocycles. The van der Waals surface area contributed by atoms with Crippen LogP contribution in [0.25, 0.3) is 10.9 Å². The van der Waals surface area contributed by atoms with E-state index >= 15 is 0 Å². The zero-order chi connectivity index (χ0) is 40.3. The second-order valence-electron chi connectivity index (χ2n) is 16.2. The number of amides is 3. The van der Waals surface area contributed by atoms with Gasteiger partial charge in [0, 0.05) is 47.8 Å². The van der Waals surface area contributed by atoms with Crippen molar-refractivity contribution in [1.29, 1.82) is 0 Å². The zero-order valence-corrected chi connectivity index (χ0v) is 32.5. The van der Waals surface area contributed by atoms with Gasteiger partial charge in [-0.1, -0.05) is 76.2 Å². The molecule has 2 bridgehead atoms. The maximum atomic E-state index is 14.5. The number of H-pyrrole nitrogens is 1. The van der Waals surface area contributed by atoms with Crippen molar-refractivity contribution in [2.24, 2.45) is 17.3 Å². The maximum absolute atomic E-state index is 14.5. The Labute approximate surface area is 326 Å². The molecule has 6 atom stereocenters. The van der Waals surface area contributed by atoms with E-state index in [0.29, 0.717) is 12.8 Å². The third kappa shape index (κ3) is 8.35. The predicted octanol–water partition coefficient (Wildman–Crippen LogP) is 3.42. The number of esters is 1. The van der Waals surface area contributed by atoms with E-state index in [1.54, 1.807) is 13.1 Å². The van der Waals surface area contributed by atoms with Gasteiger partial charge in [0.15, 0.2) is 0 Å². The van der Waals surface area contributed by atoms with E-state index in [-0.39, 0.29) is 36.8 Å². The van der Waals surface area contributed by atoms with E-state index in [0.717, 1.165) is 28.5 Å². The van der Waals surface area contributed by atoms with Crippen LogP contribution >= 0.6 is 0 Å². The molecule has 0 spiro atoms. The van der Waals surface area contributed by atoms with E-state index in [9.17, 15) is 29.2 Å². The van der Waals surface area contributed by atoms with E-state index < -0.39 is 65.8 Å². The average Bonchev–Trinajstić information content (AvgIpc) is 3.57. The molecule has 3 saturated carbocycles. The summed E-state index contributed by atoms with van der Waals surface area (Å²) in [6, 6.07) is 13.3. The van der Waals surface area contributed by atoms with Crippen molar-refractivity contribution in [3.8, 4) is 0 Å². The minimum absolute atomic E-state index is 0.0230. The number of hydrogen-bond donors (Lipinski definition) is 6. The topological polar surface area (TPSA) is 205 Å². The Morgan fingerprint density at radius 1 is 0.911 bits per heavy atom. The van der Waals surface area contributed by atoms with Gasteiger partial charge < -0.3 is 40.4 Å². The summed E-state index contributed by atoms with van der Waals surface area (Å²) in [6.07, 6.45) is 7.97. The van der Waals surface area contributed by atoms with E-state index in [2.05, 4.69) is 30.9 Å². The van der Waals surface area contributed by atoms with E-state index in [4.69, 9.17) is 9.39 Å². The van der Waals surface area contributed by atoms with Crippen LogP contribution in [0.2, 0.25) is 0 Å². The van der Waals surface area contributed by atoms with Crippen LogP contribution in [0, 0.1) is 17.3 Å². The first kappa shape index (κ1) is 40.5. The molecule has 3 aliphatic rings. The van der Waals surface area contributed by atoms with Crippen molar-refractivity contribution in [3.63, 3.8) is 0 Å². The molecule has 0 saturated heterocycles. The van der Waals surface area contributed by atoms with Gasteiger partial charge in [0.25, 0.3) is 5.91 Å². The summed E-state index contributed by atoms with van der Waals surface area (Å²) in [4.78, 5) is 67.6. The standard InChI is InChI=1S/C41H51BN6O8/c1-25(2)19-33(38(52)55-41-22-28(39(41,3)4)15-16-40(41,5)56-42(53)54)48-36(50)32(21-27-23-45-30-14-10-9-13-29(27)30)47-35(49)31(20-26-11-7-6-8-12-26)46-37(51)34-24-43-17-18-44-34/h6-14,17-18,23-25,28,31-33,45,53-54H,15-16,19-22H2,1-5H3,(H,46,51)(H,47,49)(H,48,50)/t28?,31-,32-,33-,40?,41?/m0/s1. The number of benzene rings is 2. The Hall–Kier alpha value is -5.12. The Bertz CT molecular complexity index is 2030. The van der Waals surface area contributed by atoms with Crippen molar-refractivity contribution in [2.75, 3.05) is 0 Å². The van der Waals surface area contributed by atoms with Crippen molar-refractivity contribution in [1.82, 2.24) is 30.9 Å². The first-order valence-corrected chi connectivity index (χ1v) is 19.2. The summed E-state index contributed by atoms with van der Waals surface area (Å²) in [5.74, 6) is -2.35. The lowest BCUT2D eigenvalue weighted by atomic mass is 9.41. The van der Waals surface area contributed by atoms with Crippen LogP contribution in [0.15, 0.2) is 79.4 Å².